The maximum absolute atomic E-state index is 13.1. The van der Waals surface area contributed by atoms with Gasteiger partial charge in [-0.05, 0) is 55.8 Å². The number of hydrogen-bond donors (Lipinski definition) is 1. The topological polar surface area (TPSA) is 32.3 Å². The van der Waals surface area contributed by atoms with E-state index in [0.29, 0.717) is 17.9 Å². The van der Waals surface area contributed by atoms with Gasteiger partial charge >= 0.3 is 6.18 Å². The number of benzene rings is 2. The van der Waals surface area contributed by atoms with Crippen LogP contribution in [0.3, 0.4) is 0 Å². The molecule has 2 aromatic rings. The van der Waals surface area contributed by atoms with Crippen LogP contribution in [0.1, 0.15) is 24.0 Å². The average molecular weight is 397 g/mol. The predicted molar refractivity (Wildman–Crippen MR) is 99.5 cm³/mol. The third-order valence-electron chi connectivity index (χ3n) is 4.77. The zero-order valence-corrected chi connectivity index (χ0v) is 15.4. The molecule has 1 heterocycles. The van der Waals surface area contributed by atoms with E-state index in [-0.39, 0.29) is 17.5 Å². The number of carbonyl (C=O) groups excluding carboxylic acids is 1. The number of hydrogen-bond acceptors (Lipinski definition) is 2. The second-order valence-electron chi connectivity index (χ2n) is 6.71. The first-order valence-corrected chi connectivity index (χ1v) is 9.14. The summed E-state index contributed by atoms with van der Waals surface area (Å²) < 4.78 is 39.2. The maximum atomic E-state index is 13.1. The molecule has 1 amide bonds. The summed E-state index contributed by atoms with van der Waals surface area (Å²) in [5.41, 5.74) is 0.138. The van der Waals surface area contributed by atoms with E-state index >= 15 is 0 Å². The minimum absolute atomic E-state index is 0.182. The Labute approximate surface area is 161 Å². The summed E-state index contributed by atoms with van der Waals surface area (Å²) in [4.78, 5) is 14.7. The summed E-state index contributed by atoms with van der Waals surface area (Å²) in [5.74, 6) is -0.634. The van der Waals surface area contributed by atoms with Gasteiger partial charge in [0.2, 0.25) is 5.91 Å². The van der Waals surface area contributed by atoms with Crippen LogP contribution in [0, 0.1) is 5.92 Å². The molecule has 0 unspecified atom stereocenters. The van der Waals surface area contributed by atoms with E-state index in [2.05, 4.69) is 10.2 Å². The Hall–Kier alpha value is -2.05. The molecule has 3 rings (SSSR count). The molecule has 2 aromatic carbocycles. The van der Waals surface area contributed by atoms with Gasteiger partial charge in [-0.3, -0.25) is 9.69 Å². The lowest BCUT2D eigenvalue weighted by Crippen LogP contribution is -2.38. The van der Waals surface area contributed by atoms with Crippen LogP contribution in [0.25, 0.3) is 0 Å². The van der Waals surface area contributed by atoms with Gasteiger partial charge in [0.25, 0.3) is 0 Å². The zero-order valence-electron chi connectivity index (χ0n) is 14.6. The van der Waals surface area contributed by atoms with Gasteiger partial charge in [-0.2, -0.15) is 13.2 Å². The molecule has 1 aliphatic heterocycles. The SMILES string of the molecule is O=C(Nc1ccccc1C(F)(F)F)C1CCN(Cc2ccc(Cl)cc2)CC1. The lowest BCUT2D eigenvalue weighted by atomic mass is 9.95. The van der Waals surface area contributed by atoms with Gasteiger partial charge in [0.05, 0.1) is 11.3 Å². The summed E-state index contributed by atoms with van der Waals surface area (Å²) >= 11 is 5.89. The second-order valence-corrected chi connectivity index (χ2v) is 7.15. The summed E-state index contributed by atoms with van der Waals surface area (Å²) in [6.45, 7) is 2.21. The number of halogens is 4. The number of amides is 1. The number of likely N-dealkylation sites (tertiary alicyclic amines) is 1. The predicted octanol–water partition coefficient (Wildman–Crippen LogP) is 5.21. The number of nitrogens with one attached hydrogen (secondary N) is 1. The minimum Gasteiger partial charge on any atom is -0.325 e. The zero-order chi connectivity index (χ0) is 19.4. The first kappa shape index (κ1) is 19.7. The monoisotopic (exact) mass is 396 g/mol. The van der Waals surface area contributed by atoms with Crippen LogP contribution in [0.15, 0.2) is 48.5 Å². The highest BCUT2D eigenvalue weighted by atomic mass is 35.5. The van der Waals surface area contributed by atoms with Crippen molar-refractivity contribution in [3.63, 3.8) is 0 Å². The fraction of sp³-hybridized carbons (Fsp3) is 0.350. The summed E-state index contributed by atoms with van der Waals surface area (Å²) in [7, 11) is 0. The lowest BCUT2D eigenvalue weighted by molar-refractivity contribution is -0.137. The standard InChI is InChI=1S/C20H20ClF3N2O/c21-16-7-5-14(6-8-16)13-26-11-9-15(10-12-26)19(27)25-18-4-2-1-3-17(18)20(22,23)24/h1-8,15H,9-13H2,(H,25,27). The average Bonchev–Trinajstić information content (AvgIpc) is 2.64. The molecular weight excluding hydrogens is 377 g/mol. The fourth-order valence-electron chi connectivity index (χ4n) is 3.28. The van der Waals surface area contributed by atoms with Crippen molar-refractivity contribution >= 4 is 23.2 Å². The number of para-hydroxylation sites is 1. The Kier molecular flexibility index (Phi) is 6.07. The Morgan fingerprint density at radius 1 is 1.07 bits per heavy atom. The molecule has 1 fully saturated rings. The van der Waals surface area contributed by atoms with Crippen molar-refractivity contribution < 1.29 is 18.0 Å². The van der Waals surface area contributed by atoms with E-state index in [1.54, 1.807) is 0 Å². The van der Waals surface area contributed by atoms with Gasteiger partial charge in [0.15, 0.2) is 0 Å². The van der Waals surface area contributed by atoms with Gasteiger partial charge in [0.1, 0.15) is 0 Å². The minimum atomic E-state index is -4.49. The van der Waals surface area contributed by atoms with E-state index in [4.69, 9.17) is 11.6 Å². The summed E-state index contributed by atoms with van der Waals surface area (Å²) in [5, 5.41) is 3.15. The van der Waals surface area contributed by atoms with Gasteiger partial charge < -0.3 is 5.32 Å². The van der Waals surface area contributed by atoms with E-state index in [1.165, 1.54) is 18.2 Å². The number of carbonyl (C=O) groups is 1. The number of anilines is 1. The van der Waals surface area contributed by atoms with E-state index < -0.39 is 11.7 Å². The number of alkyl halides is 3. The normalized spacial score (nSPS) is 16.3. The van der Waals surface area contributed by atoms with Crippen molar-refractivity contribution in [2.45, 2.75) is 25.6 Å². The summed E-state index contributed by atoms with van der Waals surface area (Å²) in [6.07, 6.45) is -3.26. The van der Waals surface area contributed by atoms with Gasteiger partial charge in [-0.1, -0.05) is 35.9 Å². The van der Waals surface area contributed by atoms with E-state index in [9.17, 15) is 18.0 Å². The molecule has 0 bridgehead atoms. The Balaban J connectivity index is 1.55. The molecule has 1 saturated heterocycles. The quantitative estimate of drug-likeness (QED) is 0.769. The largest absolute Gasteiger partial charge is 0.418 e. The van der Waals surface area contributed by atoms with Crippen molar-refractivity contribution in [3.05, 3.63) is 64.7 Å². The highest BCUT2D eigenvalue weighted by Crippen LogP contribution is 2.35. The van der Waals surface area contributed by atoms with Gasteiger partial charge in [-0.25, -0.2) is 0 Å². The first-order valence-electron chi connectivity index (χ1n) is 8.77. The third kappa shape index (κ3) is 5.23. The third-order valence-corrected chi connectivity index (χ3v) is 5.02. The molecule has 1 aliphatic rings. The van der Waals surface area contributed by atoms with Crippen molar-refractivity contribution in [2.24, 2.45) is 5.92 Å². The lowest BCUT2D eigenvalue weighted by Gasteiger charge is -2.31. The highest BCUT2D eigenvalue weighted by Gasteiger charge is 2.34. The molecule has 7 heteroatoms. The van der Waals surface area contributed by atoms with E-state index in [1.807, 2.05) is 24.3 Å². The molecule has 144 valence electrons. The van der Waals surface area contributed by atoms with Gasteiger partial charge in [0, 0.05) is 17.5 Å². The molecular formula is C20H20ClF3N2O. The number of piperidine rings is 1. The van der Waals surface area contributed by atoms with Crippen LogP contribution in [0.4, 0.5) is 18.9 Å². The van der Waals surface area contributed by atoms with Crippen molar-refractivity contribution in [3.8, 4) is 0 Å². The van der Waals surface area contributed by atoms with Crippen molar-refractivity contribution in [1.29, 1.82) is 0 Å². The Morgan fingerprint density at radius 2 is 1.70 bits per heavy atom. The van der Waals surface area contributed by atoms with Crippen molar-refractivity contribution in [1.82, 2.24) is 4.90 Å². The number of nitrogens with zero attached hydrogens (tertiary/aromatic N) is 1. The van der Waals surface area contributed by atoms with Crippen molar-refractivity contribution in [2.75, 3.05) is 18.4 Å². The second kappa shape index (κ2) is 8.31. The Morgan fingerprint density at radius 3 is 2.33 bits per heavy atom. The molecule has 27 heavy (non-hydrogen) atoms. The molecule has 0 aliphatic carbocycles. The molecule has 0 spiro atoms. The maximum Gasteiger partial charge on any atom is 0.418 e. The van der Waals surface area contributed by atoms with E-state index in [0.717, 1.165) is 31.3 Å². The molecule has 1 N–H and O–H groups in total. The smallest absolute Gasteiger partial charge is 0.325 e. The van der Waals surface area contributed by atoms with Gasteiger partial charge in [-0.15, -0.1) is 0 Å². The van der Waals surface area contributed by atoms with Crippen LogP contribution in [0.2, 0.25) is 5.02 Å². The fourth-order valence-corrected chi connectivity index (χ4v) is 3.40. The first-order chi connectivity index (χ1) is 12.8. The molecule has 0 aromatic heterocycles. The van der Waals surface area contributed by atoms with Crippen LogP contribution in [-0.4, -0.2) is 23.9 Å². The van der Waals surface area contributed by atoms with Crippen LogP contribution >= 0.6 is 11.6 Å². The summed E-state index contributed by atoms with van der Waals surface area (Å²) in [6, 6.07) is 12.7. The van der Waals surface area contributed by atoms with Crippen LogP contribution in [-0.2, 0) is 17.5 Å². The number of rotatable bonds is 4. The van der Waals surface area contributed by atoms with Crippen LogP contribution < -0.4 is 5.32 Å². The molecule has 0 radical (unpaired) electrons. The highest BCUT2D eigenvalue weighted by molar-refractivity contribution is 6.30. The molecule has 3 nitrogen and oxygen atoms in total. The Bertz CT molecular complexity index is 785. The molecule has 0 atom stereocenters. The van der Waals surface area contributed by atoms with Crippen LogP contribution in [0.5, 0.6) is 0 Å². The molecule has 0 saturated carbocycles.